The van der Waals surface area contributed by atoms with Crippen molar-refractivity contribution < 1.29 is 18.7 Å². The van der Waals surface area contributed by atoms with Crippen LogP contribution < -0.4 is 5.32 Å². The largest absolute Gasteiger partial charge is 0.449 e. The molecule has 0 saturated carbocycles. The van der Waals surface area contributed by atoms with Crippen LogP contribution in [-0.2, 0) is 16.0 Å². The molecule has 0 fully saturated rings. The Bertz CT molecular complexity index is 981. The number of esters is 1. The van der Waals surface area contributed by atoms with Crippen LogP contribution in [-0.4, -0.2) is 34.3 Å². The summed E-state index contributed by atoms with van der Waals surface area (Å²) in [6.07, 6.45) is 1.33. The molecule has 0 radical (unpaired) electrons. The van der Waals surface area contributed by atoms with Crippen LogP contribution >= 0.6 is 0 Å². The minimum Gasteiger partial charge on any atom is -0.449 e. The number of carbonyl (C=O) groups excluding carboxylic acids is 2. The number of hydrogen-bond acceptors (Lipinski definition) is 4. The van der Waals surface area contributed by atoms with Crippen LogP contribution in [0.25, 0.3) is 5.69 Å². The Morgan fingerprint density at radius 2 is 1.79 bits per heavy atom. The Morgan fingerprint density at radius 1 is 1.10 bits per heavy atom. The first kappa shape index (κ1) is 20.3. The van der Waals surface area contributed by atoms with E-state index in [9.17, 15) is 14.0 Å². The van der Waals surface area contributed by atoms with Crippen LogP contribution in [0.5, 0.6) is 0 Å². The molecule has 0 spiro atoms. The summed E-state index contributed by atoms with van der Waals surface area (Å²) in [5.74, 6) is -1.26. The lowest BCUT2D eigenvalue weighted by atomic mass is 10.1. The van der Waals surface area contributed by atoms with E-state index in [2.05, 4.69) is 10.4 Å². The van der Waals surface area contributed by atoms with Crippen molar-refractivity contribution in [3.05, 3.63) is 83.4 Å². The minimum absolute atomic E-state index is 0.300. The Hall–Kier alpha value is -3.48. The van der Waals surface area contributed by atoms with Crippen molar-refractivity contribution in [2.24, 2.45) is 0 Å². The number of benzene rings is 2. The molecule has 0 bridgehead atoms. The fraction of sp³-hybridized carbons (Fsp3) is 0.227. The van der Waals surface area contributed by atoms with Crippen LogP contribution in [0.4, 0.5) is 4.39 Å². The Labute approximate surface area is 168 Å². The van der Waals surface area contributed by atoms with Gasteiger partial charge in [-0.3, -0.25) is 4.79 Å². The van der Waals surface area contributed by atoms with Crippen LogP contribution in [0.2, 0.25) is 0 Å². The molecule has 1 N–H and O–H groups in total. The van der Waals surface area contributed by atoms with Crippen molar-refractivity contribution >= 4 is 11.9 Å². The molecular weight excluding hydrogens is 373 g/mol. The zero-order chi connectivity index (χ0) is 20.8. The summed E-state index contributed by atoms with van der Waals surface area (Å²) in [7, 11) is 0. The molecule has 1 aromatic heterocycles. The SMILES string of the molecule is Cc1ccnn1-c1ccc(C(=O)O[C@H](C)C(=O)NCCc2ccc(F)cc2)cc1. The van der Waals surface area contributed by atoms with Crippen molar-refractivity contribution in [1.82, 2.24) is 15.1 Å². The van der Waals surface area contributed by atoms with Crippen molar-refractivity contribution in [2.75, 3.05) is 6.54 Å². The van der Waals surface area contributed by atoms with E-state index in [1.54, 1.807) is 47.3 Å². The zero-order valence-electron chi connectivity index (χ0n) is 16.3. The van der Waals surface area contributed by atoms with Crippen LogP contribution in [0.3, 0.4) is 0 Å². The first-order valence-electron chi connectivity index (χ1n) is 9.28. The molecule has 0 unspecified atom stereocenters. The highest BCUT2D eigenvalue weighted by Gasteiger charge is 2.18. The van der Waals surface area contributed by atoms with Gasteiger partial charge in [-0.05, 0) is 68.3 Å². The molecule has 7 heteroatoms. The first-order chi connectivity index (χ1) is 13.9. The quantitative estimate of drug-likeness (QED) is 0.624. The second-order valence-corrected chi connectivity index (χ2v) is 6.65. The van der Waals surface area contributed by atoms with E-state index in [4.69, 9.17) is 4.74 Å². The van der Waals surface area contributed by atoms with Gasteiger partial charge in [0.1, 0.15) is 5.82 Å². The summed E-state index contributed by atoms with van der Waals surface area (Å²) in [5.41, 5.74) is 3.07. The maximum absolute atomic E-state index is 12.9. The van der Waals surface area contributed by atoms with E-state index in [0.29, 0.717) is 18.5 Å². The van der Waals surface area contributed by atoms with Gasteiger partial charge in [-0.15, -0.1) is 0 Å². The molecule has 29 heavy (non-hydrogen) atoms. The van der Waals surface area contributed by atoms with E-state index >= 15 is 0 Å². The third-order valence-corrected chi connectivity index (χ3v) is 4.46. The number of aromatic nitrogens is 2. The fourth-order valence-electron chi connectivity index (χ4n) is 2.79. The molecule has 150 valence electrons. The third-order valence-electron chi connectivity index (χ3n) is 4.46. The topological polar surface area (TPSA) is 73.2 Å². The van der Waals surface area contributed by atoms with Gasteiger partial charge in [-0.1, -0.05) is 12.1 Å². The van der Waals surface area contributed by atoms with Gasteiger partial charge in [0.15, 0.2) is 6.10 Å². The average Bonchev–Trinajstić information content (AvgIpc) is 3.15. The maximum Gasteiger partial charge on any atom is 0.338 e. The van der Waals surface area contributed by atoms with Crippen LogP contribution in [0.15, 0.2) is 60.8 Å². The molecule has 2 aromatic carbocycles. The van der Waals surface area contributed by atoms with Gasteiger partial charge >= 0.3 is 5.97 Å². The predicted molar refractivity (Wildman–Crippen MR) is 106 cm³/mol. The highest BCUT2D eigenvalue weighted by molar-refractivity contribution is 5.92. The zero-order valence-corrected chi connectivity index (χ0v) is 16.3. The second-order valence-electron chi connectivity index (χ2n) is 6.65. The Kier molecular flexibility index (Phi) is 6.39. The Morgan fingerprint density at radius 3 is 2.41 bits per heavy atom. The lowest BCUT2D eigenvalue weighted by Crippen LogP contribution is -2.36. The number of ether oxygens (including phenoxy) is 1. The number of rotatable bonds is 7. The van der Waals surface area contributed by atoms with Gasteiger partial charge in [-0.2, -0.15) is 5.10 Å². The molecular formula is C22H22FN3O3. The van der Waals surface area contributed by atoms with Crippen LogP contribution in [0, 0.1) is 12.7 Å². The van der Waals surface area contributed by atoms with Crippen molar-refractivity contribution in [2.45, 2.75) is 26.4 Å². The smallest absolute Gasteiger partial charge is 0.338 e. The lowest BCUT2D eigenvalue weighted by molar-refractivity contribution is -0.129. The highest BCUT2D eigenvalue weighted by Crippen LogP contribution is 2.13. The van der Waals surface area contributed by atoms with Gasteiger partial charge < -0.3 is 10.1 Å². The van der Waals surface area contributed by atoms with Crippen molar-refractivity contribution in [3.63, 3.8) is 0 Å². The van der Waals surface area contributed by atoms with Gasteiger partial charge in [0.05, 0.1) is 11.3 Å². The monoisotopic (exact) mass is 395 g/mol. The molecule has 1 heterocycles. The summed E-state index contributed by atoms with van der Waals surface area (Å²) in [4.78, 5) is 24.4. The number of aryl methyl sites for hydroxylation is 1. The molecule has 0 aliphatic carbocycles. The molecule has 3 aromatic rings. The second kappa shape index (κ2) is 9.14. The minimum atomic E-state index is -0.927. The number of nitrogens with one attached hydrogen (secondary N) is 1. The molecule has 1 atom stereocenters. The number of carbonyl (C=O) groups is 2. The fourth-order valence-corrected chi connectivity index (χ4v) is 2.79. The molecule has 0 aliphatic rings. The van der Waals surface area contributed by atoms with Crippen molar-refractivity contribution in [3.8, 4) is 5.69 Å². The molecule has 0 aliphatic heterocycles. The molecule has 1 amide bonds. The highest BCUT2D eigenvalue weighted by atomic mass is 19.1. The number of hydrogen-bond donors (Lipinski definition) is 1. The average molecular weight is 395 g/mol. The Balaban J connectivity index is 1.49. The summed E-state index contributed by atoms with van der Waals surface area (Å²) in [5, 5.41) is 6.93. The van der Waals surface area contributed by atoms with E-state index in [1.807, 2.05) is 13.0 Å². The summed E-state index contributed by atoms with van der Waals surface area (Å²) in [6, 6.07) is 14.8. The standard InChI is InChI=1S/C22H22FN3O3/c1-15-11-14-25-26(15)20-9-5-18(6-10-20)22(28)29-16(2)21(27)24-13-12-17-3-7-19(23)8-4-17/h3-11,14,16H,12-13H2,1-2H3,(H,24,27)/t16-/m1/s1. The van der Waals surface area contributed by atoms with E-state index in [0.717, 1.165) is 16.9 Å². The number of amides is 1. The molecule has 6 nitrogen and oxygen atoms in total. The maximum atomic E-state index is 12.9. The van der Waals surface area contributed by atoms with Gasteiger partial charge in [0.2, 0.25) is 0 Å². The van der Waals surface area contributed by atoms with E-state index in [-0.39, 0.29) is 11.7 Å². The van der Waals surface area contributed by atoms with Gasteiger partial charge in [-0.25, -0.2) is 13.9 Å². The third kappa shape index (κ3) is 5.28. The van der Waals surface area contributed by atoms with Crippen LogP contribution in [0.1, 0.15) is 28.5 Å². The predicted octanol–water partition coefficient (Wildman–Crippen LogP) is 3.22. The van der Waals surface area contributed by atoms with Gasteiger partial charge in [0, 0.05) is 18.4 Å². The normalized spacial score (nSPS) is 11.7. The lowest BCUT2D eigenvalue weighted by Gasteiger charge is -2.14. The number of halogens is 1. The molecule has 3 rings (SSSR count). The van der Waals surface area contributed by atoms with E-state index in [1.165, 1.54) is 19.1 Å². The number of nitrogens with zero attached hydrogens (tertiary/aromatic N) is 2. The summed E-state index contributed by atoms with van der Waals surface area (Å²) >= 11 is 0. The van der Waals surface area contributed by atoms with Gasteiger partial charge in [0.25, 0.3) is 5.91 Å². The first-order valence-corrected chi connectivity index (χ1v) is 9.28. The summed E-state index contributed by atoms with van der Waals surface area (Å²) < 4.78 is 19.9. The van der Waals surface area contributed by atoms with Crippen molar-refractivity contribution in [1.29, 1.82) is 0 Å². The van der Waals surface area contributed by atoms with E-state index < -0.39 is 12.1 Å². The summed E-state index contributed by atoms with van der Waals surface area (Å²) in [6.45, 7) is 3.82. The molecule has 0 saturated heterocycles.